The zero-order valence-corrected chi connectivity index (χ0v) is 20.3. The average molecular weight is 510 g/mol. The molecule has 2 aliphatic rings. The van der Waals surface area contributed by atoms with Crippen LogP contribution in [0, 0.1) is 5.92 Å². The number of hydrogen-bond donors (Lipinski definition) is 0. The maximum Gasteiger partial charge on any atom is 0.244 e. The van der Waals surface area contributed by atoms with Crippen molar-refractivity contribution < 1.29 is 8.42 Å². The monoisotopic (exact) mass is 508 g/mol. The fourth-order valence-electron chi connectivity index (χ4n) is 4.25. The van der Waals surface area contributed by atoms with E-state index in [4.69, 9.17) is 34.8 Å². The van der Waals surface area contributed by atoms with Crippen LogP contribution in [0.3, 0.4) is 0 Å². The normalized spacial score (nSPS) is 18.6. The second-order valence-corrected chi connectivity index (χ2v) is 10.9. The van der Waals surface area contributed by atoms with E-state index in [1.165, 1.54) is 27.6 Å². The molecule has 2 aliphatic heterocycles. The van der Waals surface area contributed by atoms with Crippen LogP contribution in [-0.2, 0) is 23.0 Å². The number of fused-ring (bicyclic) bond motifs is 1. The second-order valence-electron chi connectivity index (χ2n) is 7.80. The van der Waals surface area contributed by atoms with Crippen LogP contribution in [0.4, 0.5) is 0 Å². The van der Waals surface area contributed by atoms with Gasteiger partial charge in [0.1, 0.15) is 4.90 Å². The Labute approximate surface area is 199 Å². The minimum absolute atomic E-state index is 0. The van der Waals surface area contributed by atoms with E-state index in [0.717, 1.165) is 38.9 Å². The van der Waals surface area contributed by atoms with Gasteiger partial charge in [0.2, 0.25) is 10.0 Å². The summed E-state index contributed by atoms with van der Waals surface area (Å²) in [5, 5.41) is 0.542. The van der Waals surface area contributed by atoms with Crippen LogP contribution in [-0.4, -0.2) is 43.8 Å². The average Bonchev–Trinajstić information content (AvgIpc) is 2.71. The number of sulfonamides is 1. The van der Waals surface area contributed by atoms with Gasteiger partial charge in [-0.25, -0.2) is 8.42 Å². The molecular weight excluding hydrogens is 486 g/mol. The molecule has 4 rings (SSSR count). The number of halogens is 4. The van der Waals surface area contributed by atoms with E-state index in [1.54, 1.807) is 0 Å². The van der Waals surface area contributed by atoms with Crippen molar-refractivity contribution in [3.05, 3.63) is 62.6 Å². The van der Waals surface area contributed by atoms with E-state index in [9.17, 15) is 8.42 Å². The summed E-state index contributed by atoms with van der Waals surface area (Å²) in [4.78, 5) is 2.52. The van der Waals surface area contributed by atoms with Gasteiger partial charge in [-0.3, -0.25) is 4.90 Å². The van der Waals surface area contributed by atoms with Gasteiger partial charge < -0.3 is 0 Å². The van der Waals surface area contributed by atoms with Crippen molar-refractivity contribution in [1.82, 2.24) is 9.21 Å². The Morgan fingerprint density at radius 1 is 0.900 bits per heavy atom. The summed E-state index contributed by atoms with van der Waals surface area (Å²) in [5.41, 5.74) is 2.86. The van der Waals surface area contributed by atoms with Crippen LogP contribution in [0.5, 0.6) is 0 Å². The quantitative estimate of drug-likeness (QED) is 0.509. The van der Waals surface area contributed by atoms with Gasteiger partial charge >= 0.3 is 0 Å². The SMILES string of the molecule is Cl.O=S(=O)(c1cc(Cl)c(Cl)cc1Cl)N1CCC(CN2CCc3ccccc3C2)CC1. The first kappa shape index (κ1) is 24.1. The Hall–Kier alpha value is -0.530. The van der Waals surface area contributed by atoms with Crippen LogP contribution in [0.15, 0.2) is 41.3 Å². The van der Waals surface area contributed by atoms with E-state index in [2.05, 4.69) is 29.2 Å². The molecule has 2 aromatic rings. The highest BCUT2D eigenvalue weighted by Gasteiger charge is 2.32. The Morgan fingerprint density at radius 2 is 1.53 bits per heavy atom. The number of piperidine rings is 1. The van der Waals surface area contributed by atoms with Crippen LogP contribution in [0.1, 0.15) is 24.0 Å². The number of benzene rings is 2. The molecule has 1 fully saturated rings. The summed E-state index contributed by atoms with van der Waals surface area (Å²) in [6.45, 7) is 4.04. The first-order valence-electron chi connectivity index (χ1n) is 9.78. The van der Waals surface area contributed by atoms with Gasteiger partial charge in [-0.2, -0.15) is 4.31 Å². The Morgan fingerprint density at radius 3 is 2.23 bits per heavy atom. The van der Waals surface area contributed by atoms with Gasteiger partial charge in [-0.15, -0.1) is 12.4 Å². The second kappa shape index (κ2) is 9.95. The molecule has 0 atom stereocenters. The standard InChI is InChI=1S/C21H23Cl3N2O2S.ClH/c22-18-11-20(24)21(12-19(18)23)29(27,28)26-9-5-15(6-10-26)13-25-8-7-16-3-1-2-4-17(16)14-25;/h1-4,11-12,15H,5-10,13-14H2;1H. The van der Waals surface area contributed by atoms with Gasteiger partial charge in [0.05, 0.1) is 15.1 Å². The third kappa shape index (κ3) is 5.09. The number of hydrogen-bond acceptors (Lipinski definition) is 3. The van der Waals surface area contributed by atoms with Gasteiger partial charge in [0.25, 0.3) is 0 Å². The molecule has 0 unspecified atom stereocenters. The summed E-state index contributed by atoms with van der Waals surface area (Å²) in [7, 11) is -3.68. The molecule has 0 saturated carbocycles. The third-order valence-corrected chi connectivity index (χ3v) is 8.98. The van der Waals surface area contributed by atoms with E-state index in [1.807, 2.05) is 0 Å². The van der Waals surface area contributed by atoms with E-state index in [0.29, 0.717) is 19.0 Å². The van der Waals surface area contributed by atoms with Crippen molar-refractivity contribution in [2.45, 2.75) is 30.7 Å². The van der Waals surface area contributed by atoms with Gasteiger partial charge in [0.15, 0.2) is 0 Å². The summed E-state index contributed by atoms with van der Waals surface area (Å²) >= 11 is 18.1. The molecule has 30 heavy (non-hydrogen) atoms. The minimum atomic E-state index is -3.68. The topological polar surface area (TPSA) is 40.6 Å². The summed E-state index contributed by atoms with van der Waals surface area (Å²) in [5.74, 6) is 0.496. The third-order valence-electron chi connectivity index (χ3n) is 5.89. The van der Waals surface area contributed by atoms with Crippen molar-refractivity contribution in [3.8, 4) is 0 Å². The molecule has 0 radical (unpaired) electrons. The fourth-order valence-corrected chi connectivity index (χ4v) is 6.69. The molecule has 9 heteroatoms. The lowest BCUT2D eigenvalue weighted by Gasteiger charge is -2.36. The first-order chi connectivity index (χ1) is 13.8. The highest BCUT2D eigenvalue weighted by Crippen LogP contribution is 2.34. The van der Waals surface area contributed by atoms with Crippen molar-refractivity contribution in [3.63, 3.8) is 0 Å². The Balaban J connectivity index is 0.00000256. The minimum Gasteiger partial charge on any atom is -0.298 e. The van der Waals surface area contributed by atoms with Crippen LogP contribution in [0.2, 0.25) is 15.1 Å². The molecule has 4 nitrogen and oxygen atoms in total. The maximum atomic E-state index is 13.0. The van der Waals surface area contributed by atoms with Gasteiger partial charge in [0, 0.05) is 32.7 Å². The largest absolute Gasteiger partial charge is 0.298 e. The summed E-state index contributed by atoms with van der Waals surface area (Å²) in [6.07, 6.45) is 2.77. The molecule has 0 N–H and O–H groups in total. The van der Waals surface area contributed by atoms with Gasteiger partial charge in [-0.05, 0) is 48.4 Å². The molecule has 2 heterocycles. The predicted molar refractivity (Wildman–Crippen MR) is 126 cm³/mol. The smallest absolute Gasteiger partial charge is 0.244 e. The van der Waals surface area contributed by atoms with Crippen LogP contribution >= 0.6 is 47.2 Å². The van der Waals surface area contributed by atoms with Crippen LogP contribution in [0.25, 0.3) is 0 Å². The Kier molecular flexibility index (Phi) is 8.00. The molecule has 0 aromatic heterocycles. The van der Waals surface area contributed by atoms with Crippen molar-refractivity contribution in [2.24, 2.45) is 5.92 Å². The Bertz CT molecular complexity index is 1010. The highest BCUT2D eigenvalue weighted by molar-refractivity contribution is 7.89. The maximum absolute atomic E-state index is 13.0. The summed E-state index contributed by atoms with van der Waals surface area (Å²) < 4.78 is 27.6. The van der Waals surface area contributed by atoms with E-state index >= 15 is 0 Å². The molecular formula is C21H24Cl4N2O2S. The first-order valence-corrected chi connectivity index (χ1v) is 12.4. The molecule has 0 spiro atoms. The zero-order valence-electron chi connectivity index (χ0n) is 16.4. The lowest BCUT2D eigenvalue weighted by atomic mass is 9.94. The lowest BCUT2D eigenvalue weighted by Crippen LogP contribution is -2.42. The van der Waals surface area contributed by atoms with Crippen LogP contribution < -0.4 is 0 Å². The summed E-state index contributed by atoms with van der Waals surface area (Å²) in [6, 6.07) is 11.4. The fraction of sp³-hybridized carbons (Fsp3) is 0.429. The van der Waals surface area contributed by atoms with Crippen molar-refractivity contribution in [2.75, 3.05) is 26.2 Å². The molecule has 0 amide bonds. The predicted octanol–water partition coefficient (Wildman–Crippen LogP) is 5.53. The molecule has 0 bridgehead atoms. The van der Waals surface area contributed by atoms with E-state index in [-0.39, 0.29) is 32.4 Å². The molecule has 1 saturated heterocycles. The van der Waals surface area contributed by atoms with Crippen molar-refractivity contribution in [1.29, 1.82) is 0 Å². The van der Waals surface area contributed by atoms with E-state index < -0.39 is 10.0 Å². The number of rotatable bonds is 4. The van der Waals surface area contributed by atoms with Gasteiger partial charge in [-0.1, -0.05) is 59.1 Å². The molecule has 0 aliphatic carbocycles. The van der Waals surface area contributed by atoms with Crippen molar-refractivity contribution >= 4 is 57.2 Å². The highest BCUT2D eigenvalue weighted by atomic mass is 35.5. The molecule has 164 valence electrons. The zero-order chi connectivity index (χ0) is 20.6. The number of nitrogens with zero attached hydrogens (tertiary/aromatic N) is 2. The molecule has 2 aromatic carbocycles. The lowest BCUT2D eigenvalue weighted by molar-refractivity contribution is 0.171.